The van der Waals surface area contributed by atoms with Gasteiger partial charge in [-0.1, -0.05) is 15.9 Å². The van der Waals surface area contributed by atoms with Gasteiger partial charge in [-0.3, -0.25) is 0 Å². The predicted molar refractivity (Wildman–Crippen MR) is 73.8 cm³/mol. The maximum absolute atomic E-state index is 13.7. The van der Waals surface area contributed by atoms with Crippen LogP contribution in [0.25, 0.3) is 0 Å². The van der Waals surface area contributed by atoms with Crippen molar-refractivity contribution in [3.63, 3.8) is 0 Å². The van der Waals surface area contributed by atoms with Gasteiger partial charge in [0, 0.05) is 15.7 Å². The Bertz CT molecular complexity index is 617. The highest BCUT2D eigenvalue weighted by Gasteiger charge is 2.13. The number of halogens is 2. The molecular formula is C14H13BrFNO2. The summed E-state index contributed by atoms with van der Waals surface area (Å²) in [6, 6.07) is 6.26. The number of ether oxygens (including phenoxy) is 1. The first-order valence-electron chi connectivity index (χ1n) is 5.72. The molecule has 5 heteroatoms. The Hall–Kier alpha value is -1.46. The zero-order valence-corrected chi connectivity index (χ0v) is 12.2. The van der Waals surface area contributed by atoms with E-state index in [-0.39, 0.29) is 18.2 Å². The van der Waals surface area contributed by atoms with Gasteiger partial charge in [-0.05, 0) is 43.7 Å². The van der Waals surface area contributed by atoms with Crippen LogP contribution in [0.3, 0.4) is 0 Å². The molecule has 1 N–H and O–H groups in total. The van der Waals surface area contributed by atoms with Crippen LogP contribution < -0.4 is 4.74 Å². The molecule has 0 bridgehead atoms. The normalized spacial score (nSPS) is 10.6. The van der Waals surface area contributed by atoms with Crippen molar-refractivity contribution in [1.82, 2.24) is 4.98 Å². The lowest BCUT2D eigenvalue weighted by Crippen LogP contribution is -2.00. The third-order valence-corrected chi connectivity index (χ3v) is 3.19. The molecule has 0 saturated carbocycles. The number of hydrogen-bond acceptors (Lipinski definition) is 3. The van der Waals surface area contributed by atoms with Crippen LogP contribution in [0.1, 0.15) is 16.8 Å². The zero-order valence-electron chi connectivity index (χ0n) is 10.6. The Morgan fingerprint density at radius 1 is 1.32 bits per heavy atom. The van der Waals surface area contributed by atoms with Gasteiger partial charge in [0.05, 0.1) is 6.61 Å². The molecule has 2 aromatic rings. The molecule has 0 atom stereocenters. The second-order valence-corrected chi connectivity index (χ2v) is 5.11. The molecule has 0 amide bonds. The van der Waals surface area contributed by atoms with Crippen LogP contribution in [0.2, 0.25) is 0 Å². The maximum Gasteiger partial charge on any atom is 0.225 e. The molecule has 0 radical (unpaired) electrons. The first kappa shape index (κ1) is 14.0. The first-order valence-corrected chi connectivity index (χ1v) is 6.51. The van der Waals surface area contributed by atoms with Gasteiger partial charge in [-0.15, -0.1) is 0 Å². The number of aliphatic hydroxyl groups excluding tert-OH is 1. The number of aromatic nitrogens is 1. The van der Waals surface area contributed by atoms with E-state index in [4.69, 9.17) is 4.74 Å². The maximum atomic E-state index is 13.7. The fourth-order valence-corrected chi connectivity index (χ4v) is 2.11. The average Bonchev–Trinajstić information content (AvgIpc) is 2.33. The fraction of sp³-hybridized carbons (Fsp3) is 0.214. The number of hydrogen-bond donors (Lipinski definition) is 1. The summed E-state index contributed by atoms with van der Waals surface area (Å²) >= 11 is 3.26. The molecule has 0 aliphatic rings. The van der Waals surface area contributed by atoms with E-state index < -0.39 is 5.82 Å². The fourth-order valence-electron chi connectivity index (χ4n) is 1.77. The van der Waals surface area contributed by atoms with E-state index in [9.17, 15) is 9.50 Å². The van der Waals surface area contributed by atoms with Crippen molar-refractivity contribution in [2.75, 3.05) is 0 Å². The SMILES string of the molecule is Cc1cc(C)c(CO)c(Oc2cc(Br)ccc2F)n1. The van der Waals surface area contributed by atoms with Crippen molar-refractivity contribution in [1.29, 1.82) is 0 Å². The quantitative estimate of drug-likeness (QED) is 0.931. The number of rotatable bonds is 3. The van der Waals surface area contributed by atoms with Gasteiger partial charge in [-0.25, -0.2) is 9.37 Å². The van der Waals surface area contributed by atoms with E-state index in [0.29, 0.717) is 10.0 Å². The van der Waals surface area contributed by atoms with Gasteiger partial charge in [-0.2, -0.15) is 0 Å². The molecule has 1 aromatic carbocycles. The molecule has 0 fully saturated rings. The molecule has 0 spiro atoms. The summed E-state index contributed by atoms with van der Waals surface area (Å²) in [6.45, 7) is 3.46. The lowest BCUT2D eigenvalue weighted by Gasteiger charge is -2.12. The first-order chi connectivity index (χ1) is 9.01. The highest BCUT2D eigenvalue weighted by Crippen LogP contribution is 2.30. The van der Waals surface area contributed by atoms with Gasteiger partial charge >= 0.3 is 0 Å². The van der Waals surface area contributed by atoms with Crippen LogP contribution in [0.4, 0.5) is 4.39 Å². The second kappa shape index (κ2) is 5.67. The monoisotopic (exact) mass is 325 g/mol. The molecular weight excluding hydrogens is 313 g/mol. The highest BCUT2D eigenvalue weighted by molar-refractivity contribution is 9.10. The summed E-state index contributed by atoms with van der Waals surface area (Å²) in [5.74, 6) is -0.174. The van der Waals surface area contributed by atoms with Gasteiger partial charge in [0.25, 0.3) is 0 Å². The minimum Gasteiger partial charge on any atom is -0.436 e. The number of aryl methyl sites for hydroxylation is 2. The summed E-state index contributed by atoms with van der Waals surface area (Å²) in [5.41, 5.74) is 2.17. The van der Waals surface area contributed by atoms with Crippen LogP contribution in [-0.2, 0) is 6.61 Å². The molecule has 100 valence electrons. The van der Waals surface area contributed by atoms with E-state index in [2.05, 4.69) is 20.9 Å². The summed E-state index contributed by atoms with van der Waals surface area (Å²) < 4.78 is 19.9. The van der Waals surface area contributed by atoms with Crippen molar-refractivity contribution in [3.8, 4) is 11.6 Å². The Morgan fingerprint density at radius 3 is 2.74 bits per heavy atom. The second-order valence-electron chi connectivity index (χ2n) is 4.20. The van der Waals surface area contributed by atoms with Crippen molar-refractivity contribution in [2.45, 2.75) is 20.5 Å². The van der Waals surface area contributed by atoms with Crippen molar-refractivity contribution in [2.24, 2.45) is 0 Å². The topological polar surface area (TPSA) is 42.4 Å². The van der Waals surface area contributed by atoms with Crippen LogP contribution in [0.5, 0.6) is 11.6 Å². The van der Waals surface area contributed by atoms with Gasteiger partial charge in [0.1, 0.15) is 0 Å². The highest BCUT2D eigenvalue weighted by atomic mass is 79.9. The molecule has 2 rings (SSSR count). The molecule has 0 saturated heterocycles. The van der Waals surface area contributed by atoms with E-state index in [0.717, 1.165) is 11.3 Å². The van der Waals surface area contributed by atoms with Crippen molar-refractivity contribution in [3.05, 3.63) is 51.4 Å². The van der Waals surface area contributed by atoms with Crippen LogP contribution >= 0.6 is 15.9 Å². The smallest absolute Gasteiger partial charge is 0.225 e. The largest absolute Gasteiger partial charge is 0.436 e. The van der Waals surface area contributed by atoms with Gasteiger partial charge < -0.3 is 9.84 Å². The average molecular weight is 326 g/mol. The molecule has 3 nitrogen and oxygen atoms in total. The standard InChI is InChI=1S/C14H13BrFNO2/c1-8-5-9(2)17-14(11(8)7-18)19-13-6-10(15)3-4-12(13)16/h3-6,18H,7H2,1-2H3. The van der Waals surface area contributed by atoms with Gasteiger partial charge in [0.2, 0.25) is 5.88 Å². The Balaban J connectivity index is 2.45. The third kappa shape index (κ3) is 3.11. The number of pyridine rings is 1. The lowest BCUT2D eigenvalue weighted by atomic mass is 10.1. The van der Waals surface area contributed by atoms with Crippen molar-refractivity contribution < 1.29 is 14.2 Å². The predicted octanol–water partition coefficient (Wildman–Crippen LogP) is 3.88. The molecule has 1 aromatic heterocycles. The molecule has 19 heavy (non-hydrogen) atoms. The third-order valence-electron chi connectivity index (χ3n) is 2.70. The van der Waals surface area contributed by atoms with Crippen LogP contribution in [-0.4, -0.2) is 10.1 Å². The Labute approximate surface area is 119 Å². The van der Waals surface area contributed by atoms with Crippen LogP contribution in [0, 0.1) is 19.7 Å². The molecule has 1 heterocycles. The van der Waals surface area contributed by atoms with E-state index in [1.807, 2.05) is 19.9 Å². The molecule has 0 unspecified atom stereocenters. The summed E-state index contributed by atoms with van der Waals surface area (Å²) in [6.07, 6.45) is 0. The van der Waals surface area contributed by atoms with E-state index >= 15 is 0 Å². The van der Waals surface area contributed by atoms with E-state index in [1.54, 1.807) is 6.07 Å². The van der Waals surface area contributed by atoms with Crippen LogP contribution in [0.15, 0.2) is 28.7 Å². The molecule has 0 aliphatic carbocycles. The zero-order chi connectivity index (χ0) is 14.0. The Kier molecular flexibility index (Phi) is 4.17. The Morgan fingerprint density at radius 2 is 2.05 bits per heavy atom. The minimum absolute atomic E-state index is 0.0709. The summed E-state index contributed by atoms with van der Waals surface area (Å²) in [5, 5.41) is 9.37. The summed E-state index contributed by atoms with van der Waals surface area (Å²) in [4.78, 5) is 4.21. The van der Waals surface area contributed by atoms with Gasteiger partial charge in [0.15, 0.2) is 11.6 Å². The summed E-state index contributed by atoms with van der Waals surface area (Å²) in [7, 11) is 0. The number of nitrogens with zero attached hydrogens (tertiary/aromatic N) is 1. The number of aliphatic hydroxyl groups is 1. The van der Waals surface area contributed by atoms with Crippen molar-refractivity contribution >= 4 is 15.9 Å². The van der Waals surface area contributed by atoms with E-state index in [1.165, 1.54) is 12.1 Å². The number of benzene rings is 1. The lowest BCUT2D eigenvalue weighted by molar-refractivity contribution is 0.273. The minimum atomic E-state index is -0.479. The molecule has 0 aliphatic heterocycles.